The Morgan fingerprint density at radius 1 is 1.04 bits per heavy atom. The van der Waals surface area contributed by atoms with Crippen molar-refractivity contribution >= 4 is 23.5 Å². The van der Waals surface area contributed by atoms with Gasteiger partial charge < -0.3 is 10.2 Å². The van der Waals surface area contributed by atoms with Crippen molar-refractivity contribution in [3.63, 3.8) is 0 Å². The van der Waals surface area contributed by atoms with Crippen LogP contribution in [0.25, 0.3) is 0 Å². The van der Waals surface area contributed by atoms with E-state index in [-0.39, 0.29) is 5.91 Å². The number of amides is 1. The lowest BCUT2D eigenvalue weighted by Gasteiger charge is -2.18. The number of benzene rings is 2. The van der Waals surface area contributed by atoms with Crippen molar-refractivity contribution in [2.75, 3.05) is 18.5 Å². The van der Waals surface area contributed by atoms with Crippen LogP contribution in [-0.2, 0) is 13.0 Å². The predicted octanol–water partition coefficient (Wildman–Crippen LogP) is 4.05. The summed E-state index contributed by atoms with van der Waals surface area (Å²) in [5.74, 6) is 0.325. The predicted molar refractivity (Wildman–Crippen MR) is 113 cm³/mol. The van der Waals surface area contributed by atoms with Crippen LogP contribution < -0.4 is 10.2 Å². The summed E-state index contributed by atoms with van der Waals surface area (Å²) < 4.78 is 0. The van der Waals surface area contributed by atoms with Crippen molar-refractivity contribution in [1.29, 1.82) is 0 Å². The van der Waals surface area contributed by atoms with E-state index < -0.39 is 0 Å². The summed E-state index contributed by atoms with van der Waals surface area (Å²) in [4.78, 5) is 23.4. The number of anilines is 1. The molecule has 3 aromatic rings. The van der Waals surface area contributed by atoms with Gasteiger partial charge in [-0.15, -0.1) is 0 Å². The second-order valence-corrected chi connectivity index (χ2v) is 7.11. The molecule has 0 atom stereocenters. The fraction of sp³-hybridized carbons (Fsp3) is 0.227. The molecule has 0 spiro atoms. The number of carbonyl (C=O) groups excluding carboxylic acids is 1. The van der Waals surface area contributed by atoms with E-state index in [1.165, 1.54) is 0 Å². The van der Waals surface area contributed by atoms with Gasteiger partial charge in [-0.3, -0.25) is 4.79 Å². The van der Waals surface area contributed by atoms with E-state index >= 15 is 0 Å². The molecule has 3 rings (SSSR count). The Balaban J connectivity index is 1.63. The quantitative estimate of drug-likeness (QED) is 0.656. The van der Waals surface area contributed by atoms with Gasteiger partial charge in [0.15, 0.2) is 0 Å². The number of hydrogen-bond acceptors (Lipinski definition) is 4. The van der Waals surface area contributed by atoms with Crippen LogP contribution in [0.4, 0.5) is 5.95 Å². The molecule has 0 unspecified atom stereocenters. The van der Waals surface area contributed by atoms with Gasteiger partial charge in [-0.2, -0.15) is 0 Å². The first kappa shape index (κ1) is 19.8. The van der Waals surface area contributed by atoms with Crippen LogP contribution in [0.5, 0.6) is 0 Å². The molecular weight excluding hydrogens is 372 g/mol. The first-order chi connectivity index (χ1) is 13.5. The maximum Gasteiger partial charge on any atom is 0.270 e. The summed E-state index contributed by atoms with van der Waals surface area (Å²) in [6.45, 7) is 3.04. The van der Waals surface area contributed by atoms with Crippen molar-refractivity contribution in [3.05, 3.63) is 88.2 Å². The average Bonchev–Trinajstić information content (AvgIpc) is 2.68. The summed E-state index contributed by atoms with van der Waals surface area (Å²) in [6.07, 6.45) is 0.705. The lowest BCUT2D eigenvalue weighted by molar-refractivity contribution is 0.0949. The fourth-order valence-electron chi connectivity index (χ4n) is 2.87. The van der Waals surface area contributed by atoms with Crippen LogP contribution in [0.15, 0.2) is 60.7 Å². The van der Waals surface area contributed by atoms with Gasteiger partial charge in [0.2, 0.25) is 5.95 Å². The summed E-state index contributed by atoms with van der Waals surface area (Å²) in [5.41, 5.74) is 3.36. The number of aromatic nitrogens is 2. The number of hydrogen-bond donors (Lipinski definition) is 1. The highest BCUT2D eigenvalue weighted by Gasteiger charge is 2.13. The Hall–Kier alpha value is -2.92. The number of aryl methyl sites for hydroxylation is 1. The van der Waals surface area contributed by atoms with Crippen LogP contribution in [0.3, 0.4) is 0 Å². The third kappa shape index (κ3) is 5.54. The van der Waals surface area contributed by atoms with Crippen LogP contribution in [0, 0.1) is 6.92 Å². The van der Waals surface area contributed by atoms with E-state index in [1.807, 2.05) is 61.3 Å². The van der Waals surface area contributed by atoms with E-state index in [4.69, 9.17) is 11.6 Å². The third-order valence-electron chi connectivity index (χ3n) is 4.27. The molecule has 0 saturated heterocycles. The summed E-state index contributed by atoms with van der Waals surface area (Å²) in [6, 6.07) is 19.4. The monoisotopic (exact) mass is 394 g/mol. The SMILES string of the molecule is Cc1cc(C(=O)NCCc2cccc(Cl)c2)nc(N(C)Cc2ccccc2)n1. The van der Waals surface area contributed by atoms with Crippen molar-refractivity contribution in [2.45, 2.75) is 19.9 Å². The average molecular weight is 395 g/mol. The first-order valence-electron chi connectivity index (χ1n) is 9.14. The van der Waals surface area contributed by atoms with Crippen molar-refractivity contribution in [2.24, 2.45) is 0 Å². The first-order valence-corrected chi connectivity index (χ1v) is 9.52. The Bertz CT molecular complexity index is 946. The van der Waals surface area contributed by atoms with Gasteiger partial charge in [0.05, 0.1) is 0 Å². The minimum Gasteiger partial charge on any atom is -0.350 e. The fourth-order valence-corrected chi connectivity index (χ4v) is 3.08. The molecule has 0 fully saturated rings. The van der Waals surface area contributed by atoms with Crippen LogP contribution in [0.2, 0.25) is 5.02 Å². The third-order valence-corrected chi connectivity index (χ3v) is 4.50. The van der Waals surface area contributed by atoms with Crippen molar-refractivity contribution < 1.29 is 4.79 Å². The second-order valence-electron chi connectivity index (χ2n) is 6.67. The molecule has 144 valence electrons. The molecule has 28 heavy (non-hydrogen) atoms. The van der Waals surface area contributed by atoms with Crippen molar-refractivity contribution in [3.8, 4) is 0 Å². The number of halogens is 1. The van der Waals surface area contributed by atoms with Gasteiger partial charge in [-0.05, 0) is 42.7 Å². The molecule has 0 radical (unpaired) electrons. The molecule has 1 heterocycles. The van der Waals surface area contributed by atoms with Gasteiger partial charge in [0.25, 0.3) is 5.91 Å². The molecule has 0 bridgehead atoms. The molecule has 0 aliphatic carbocycles. The molecule has 2 aromatic carbocycles. The minimum absolute atomic E-state index is 0.207. The van der Waals surface area contributed by atoms with Crippen LogP contribution >= 0.6 is 11.6 Å². The maximum absolute atomic E-state index is 12.5. The number of rotatable bonds is 7. The molecule has 0 aliphatic rings. The number of carbonyl (C=O) groups is 1. The second kappa shape index (κ2) is 9.33. The zero-order valence-corrected chi connectivity index (χ0v) is 16.8. The smallest absolute Gasteiger partial charge is 0.270 e. The lowest BCUT2D eigenvalue weighted by Crippen LogP contribution is -2.28. The lowest BCUT2D eigenvalue weighted by atomic mass is 10.1. The maximum atomic E-state index is 12.5. The van der Waals surface area contributed by atoms with E-state index in [0.717, 1.165) is 16.8 Å². The number of nitrogens with one attached hydrogen (secondary N) is 1. The highest BCUT2D eigenvalue weighted by molar-refractivity contribution is 6.30. The van der Waals surface area contributed by atoms with Gasteiger partial charge in [0.1, 0.15) is 5.69 Å². The van der Waals surface area contributed by atoms with Gasteiger partial charge >= 0.3 is 0 Å². The topological polar surface area (TPSA) is 58.1 Å². The molecule has 6 heteroatoms. The van der Waals surface area contributed by atoms with Crippen LogP contribution in [0.1, 0.15) is 27.3 Å². The molecule has 0 aliphatic heterocycles. The Labute approximate surface area is 170 Å². The van der Waals surface area contributed by atoms with E-state index in [2.05, 4.69) is 27.4 Å². The van der Waals surface area contributed by atoms with Gasteiger partial charge in [0, 0.05) is 30.9 Å². The van der Waals surface area contributed by atoms with E-state index in [1.54, 1.807) is 6.07 Å². The molecule has 1 N–H and O–H groups in total. The molecular formula is C22H23ClN4O. The summed E-state index contributed by atoms with van der Waals surface area (Å²) >= 11 is 6.00. The molecule has 5 nitrogen and oxygen atoms in total. The van der Waals surface area contributed by atoms with Crippen LogP contribution in [-0.4, -0.2) is 29.5 Å². The Kier molecular flexibility index (Phi) is 6.61. The molecule has 1 amide bonds. The van der Waals surface area contributed by atoms with Crippen molar-refractivity contribution in [1.82, 2.24) is 15.3 Å². The zero-order chi connectivity index (χ0) is 19.9. The standard InChI is InChI=1S/C22H23ClN4O/c1-16-13-20(21(28)24-12-11-17-9-6-10-19(23)14-17)26-22(25-16)27(2)15-18-7-4-3-5-8-18/h3-10,13-14H,11-12,15H2,1-2H3,(H,24,28). The highest BCUT2D eigenvalue weighted by Crippen LogP contribution is 2.13. The Morgan fingerprint density at radius 3 is 2.54 bits per heavy atom. The zero-order valence-electron chi connectivity index (χ0n) is 16.0. The Morgan fingerprint density at radius 2 is 1.79 bits per heavy atom. The summed E-state index contributed by atoms with van der Waals surface area (Å²) in [5, 5.41) is 3.61. The van der Waals surface area contributed by atoms with Gasteiger partial charge in [-0.25, -0.2) is 9.97 Å². The van der Waals surface area contributed by atoms with E-state index in [0.29, 0.717) is 36.2 Å². The molecule has 0 saturated carbocycles. The minimum atomic E-state index is -0.207. The number of nitrogens with zero attached hydrogens (tertiary/aromatic N) is 3. The summed E-state index contributed by atoms with van der Waals surface area (Å²) in [7, 11) is 1.92. The largest absolute Gasteiger partial charge is 0.350 e. The highest BCUT2D eigenvalue weighted by atomic mass is 35.5. The molecule has 1 aromatic heterocycles. The normalized spacial score (nSPS) is 10.5. The van der Waals surface area contributed by atoms with Gasteiger partial charge in [-0.1, -0.05) is 54.1 Å². The van der Waals surface area contributed by atoms with E-state index in [9.17, 15) is 4.79 Å².